The average molecular weight is 340 g/mol. The molecule has 0 aromatic heterocycles. The van der Waals surface area contributed by atoms with Crippen molar-refractivity contribution < 1.29 is 19.4 Å². The van der Waals surface area contributed by atoms with Crippen LogP contribution in [0.1, 0.15) is 49.5 Å². The Bertz CT molecular complexity index is 704. The van der Waals surface area contributed by atoms with E-state index in [1.807, 2.05) is 24.3 Å². The Hall–Kier alpha value is -2.62. The quantitative estimate of drug-likeness (QED) is 0.761. The van der Waals surface area contributed by atoms with E-state index in [1.54, 1.807) is 37.3 Å². The molecule has 0 spiro atoms. The molecule has 0 unspecified atom stereocenters. The number of carboxylic acids is 1. The SMILES string of the molecule is CC(C)Cc1ccc([C@@H](C)C(=O)O[C@H](C(=O)O)c2ccccc2)cc1. The topological polar surface area (TPSA) is 63.6 Å². The van der Waals surface area contributed by atoms with Gasteiger partial charge in [0.05, 0.1) is 5.92 Å². The van der Waals surface area contributed by atoms with E-state index in [0.717, 1.165) is 12.0 Å². The van der Waals surface area contributed by atoms with E-state index in [-0.39, 0.29) is 0 Å². The van der Waals surface area contributed by atoms with E-state index in [0.29, 0.717) is 11.5 Å². The lowest BCUT2D eigenvalue weighted by atomic mass is 9.97. The molecule has 2 aromatic rings. The Morgan fingerprint density at radius 1 is 0.920 bits per heavy atom. The van der Waals surface area contributed by atoms with Crippen molar-refractivity contribution in [2.75, 3.05) is 0 Å². The monoisotopic (exact) mass is 340 g/mol. The molecule has 0 aliphatic heterocycles. The minimum Gasteiger partial charge on any atom is -0.478 e. The third kappa shape index (κ3) is 5.18. The third-order valence-corrected chi connectivity index (χ3v) is 4.04. The first-order valence-electron chi connectivity index (χ1n) is 8.45. The highest BCUT2D eigenvalue weighted by atomic mass is 16.6. The fraction of sp³-hybridized carbons (Fsp3) is 0.333. The average Bonchev–Trinajstić information content (AvgIpc) is 2.59. The highest BCUT2D eigenvalue weighted by molar-refractivity contribution is 5.82. The molecule has 4 heteroatoms. The number of esters is 1. The second-order valence-electron chi connectivity index (χ2n) is 6.63. The number of carbonyl (C=O) groups excluding carboxylic acids is 1. The lowest BCUT2D eigenvalue weighted by Gasteiger charge is -2.18. The molecule has 25 heavy (non-hydrogen) atoms. The van der Waals surface area contributed by atoms with Gasteiger partial charge in [0.25, 0.3) is 0 Å². The van der Waals surface area contributed by atoms with Crippen LogP contribution in [0.2, 0.25) is 0 Å². The largest absolute Gasteiger partial charge is 0.478 e. The van der Waals surface area contributed by atoms with Crippen molar-refractivity contribution in [3.05, 3.63) is 71.3 Å². The smallest absolute Gasteiger partial charge is 0.349 e. The molecule has 0 radical (unpaired) electrons. The molecule has 2 atom stereocenters. The summed E-state index contributed by atoms with van der Waals surface area (Å²) in [5.74, 6) is -1.69. The van der Waals surface area contributed by atoms with Gasteiger partial charge in [0.15, 0.2) is 0 Å². The van der Waals surface area contributed by atoms with Crippen LogP contribution in [0, 0.1) is 5.92 Å². The van der Waals surface area contributed by atoms with Gasteiger partial charge in [-0.05, 0) is 30.4 Å². The molecule has 0 amide bonds. The van der Waals surface area contributed by atoms with E-state index in [2.05, 4.69) is 13.8 Å². The van der Waals surface area contributed by atoms with Gasteiger partial charge < -0.3 is 9.84 Å². The Morgan fingerprint density at radius 3 is 2.04 bits per heavy atom. The lowest BCUT2D eigenvalue weighted by Crippen LogP contribution is -2.22. The Kier molecular flexibility index (Phi) is 6.34. The molecule has 0 bridgehead atoms. The minimum absolute atomic E-state index is 0.447. The summed E-state index contributed by atoms with van der Waals surface area (Å²) in [6.45, 7) is 6.04. The number of aliphatic carboxylic acids is 1. The molecule has 4 nitrogen and oxygen atoms in total. The number of benzene rings is 2. The highest BCUT2D eigenvalue weighted by Crippen LogP contribution is 2.24. The van der Waals surface area contributed by atoms with Gasteiger partial charge in [0, 0.05) is 5.56 Å². The van der Waals surface area contributed by atoms with Crippen molar-refractivity contribution in [3.63, 3.8) is 0 Å². The number of hydrogen-bond donors (Lipinski definition) is 1. The van der Waals surface area contributed by atoms with Gasteiger partial charge in [-0.1, -0.05) is 68.4 Å². The van der Waals surface area contributed by atoms with Gasteiger partial charge >= 0.3 is 11.9 Å². The standard InChI is InChI=1S/C21H24O4/c1-14(2)13-16-9-11-17(12-10-16)15(3)21(24)25-19(20(22)23)18-7-5-4-6-8-18/h4-12,14-15,19H,13H2,1-3H3,(H,22,23)/t15-,19+/m1/s1. The zero-order valence-corrected chi connectivity index (χ0v) is 14.8. The fourth-order valence-corrected chi connectivity index (χ4v) is 2.66. The fourth-order valence-electron chi connectivity index (χ4n) is 2.66. The van der Waals surface area contributed by atoms with E-state index >= 15 is 0 Å². The summed E-state index contributed by atoms with van der Waals surface area (Å²) in [5.41, 5.74) is 2.48. The zero-order chi connectivity index (χ0) is 18.4. The van der Waals surface area contributed by atoms with E-state index in [9.17, 15) is 14.7 Å². The van der Waals surface area contributed by atoms with Crippen LogP contribution in [0.5, 0.6) is 0 Å². The summed E-state index contributed by atoms with van der Waals surface area (Å²) in [4.78, 5) is 23.9. The second-order valence-corrected chi connectivity index (χ2v) is 6.63. The number of ether oxygens (including phenoxy) is 1. The first-order valence-corrected chi connectivity index (χ1v) is 8.45. The van der Waals surface area contributed by atoms with E-state index in [4.69, 9.17) is 4.74 Å². The number of rotatable bonds is 7. The molecule has 132 valence electrons. The molecule has 0 saturated heterocycles. The molecule has 0 aliphatic carbocycles. The molecule has 0 fully saturated rings. The van der Waals surface area contributed by atoms with Gasteiger partial charge in [-0.25, -0.2) is 4.79 Å². The van der Waals surface area contributed by atoms with Crippen LogP contribution in [-0.2, 0) is 20.7 Å². The van der Waals surface area contributed by atoms with Gasteiger partial charge in [0.1, 0.15) is 0 Å². The van der Waals surface area contributed by atoms with Crippen LogP contribution in [0.25, 0.3) is 0 Å². The van der Waals surface area contributed by atoms with Crippen LogP contribution >= 0.6 is 0 Å². The number of carbonyl (C=O) groups is 2. The van der Waals surface area contributed by atoms with Crippen molar-refractivity contribution in [2.24, 2.45) is 5.92 Å². The molecule has 0 saturated carbocycles. The predicted molar refractivity (Wildman–Crippen MR) is 96.3 cm³/mol. The molecular formula is C21H24O4. The number of hydrogen-bond acceptors (Lipinski definition) is 3. The maximum absolute atomic E-state index is 12.4. The second kappa shape index (κ2) is 8.47. The summed E-state index contributed by atoms with van der Waals surface area (Å²) in [5, 5.41) is 9.37. The van der Waals surface area contributed by atoms with Crippen molar-refractivity contribution in [1.29, 1.82) is 0 Å². The van der Waals surface area contributed by atoms with Crippen molar-refractivity contribution in [1.82, 2.24) is 0 Å². The van der Waals surface area contributed by atoms with Gasteiger partial charge in [-0.15, -0.1) is 0 Å². The zero-order valence-electron chi connectivity index (χ0n) is 14.8. The maximum atomic E-state index is 12.4. The Balaban J connectivity index is 2.09. The van der Waals surface area contributed by atoms with Crippen LogP contribution in [0.4, 0.5) is 0 Å². The highest BCUT2D eigenvalue weighted by Gasteiger charge is 2.27. The van der Waals surface area contributed by atoms with Crippen molar-refractivity contribution in [2.45, 2.75) is 39.2 Å². The normalized spacial score (nSPS) is 13.3. The summed E-state index contributed by atoms with van der Waals surface area (Å²) in [7, 11) is 0. The van der Waals surface area contributed by atoms with Crippen LogP contribution in [0.3, 0.4) is 0 Å². The van der Waals surface area contributed by atoms with Crippen LogP contribution < -0.4 is 0 Å². The minimum atomic E-state index is -1.30. The maximum Gasteiger partial charge on any atom is 0.349 e. The lowest BCUT2D eigenvalue weighted by molar-refractivity contribution is -0.165. The molecule has 2 rings (SSSR count). The molecule has 1 N–H and O–H groups in total. The first kappa shape index (κ1) is 18.7. The van der Waals surface area contributed by atoms with E-state index in [1.165, 1.54) is 5.56 Å². The molecular weight excluding hydrogens is 316 g/mol. The van der Waals surface area contributed by atoms with Gasteiger partial charge in [-0.3, -0.25) is 4.79 Å². The summed E-state index contributed by atoms with van der Waals surface area (Å²) >= 11 is 0. The first-order chi connectivity index (χ1) is 11.9. The third-order valence-electron chi connectivity index (χ3n) is 4.04. The van der Waals surface area contributed by atoms with Crippen LogP contribution in [0.15, 0.2) is 54.6 Å². The van der Waals surface area contributed by atoms with Crippen LogP contribution in [-0.4, -0.2) is 17.0 Å². The molecule has 2 aromatic carbocycles. The van der Waals surface area contributed by atoms with E-state index < -0.39 is 24.0 Å². The van der Waals surface area contributed by atoms with Gasteiger partial charge in [-0.2, -0.15) is 0 Å². The molecule has 0 aliphatic rings. The van der Waals surface area contributed by atoms with Crippen molar-refractivity contribution in [3.8, 4) is 0 Å². The molecule has 0 heterocycles. The Labute approximate surface area is 148 Å². The van der Waals surface area contributed by atoms with Crippen molar-refractivity contribution >= 4 is 11.9 Å². The predicted octanol–water partition coefficient (Wildman–Crippen LogP) is 4.36. The summed E-state index contributed by atoms with van der Waals surface area (Å²) < 4.78 is 5.27. The Morgan fingerprint density at radius 2 is 1.52 bits per heavy atom. The number of carboxylic acid groups (broad SMARTS) is 1. The summed E-state index contributed by atoms with van der Waals surface area (Å²) in [6.07, 6.45) is -0.315. The van der Waals surface area contributed by atoms with Gasteiger partial charge in [0.2, 0.25) is 6.10 Å². The summed E-state index contributed by atoms with van der Waals surface area (Å²) in [6, 6.07) is 16.3.